The Kier molecular flexibility index (Phi) is 9.52. The summed E-state index contributed by atoms with van der Waals surface area (Å²) in [4.78, 5) is 28.6. The number of aryl methyl sites for hydroxylation is 1. The Morgan fingerprint density at radius 1 is 0.805 bits per heavy atom. The molecule has 0 spiro atoms. The van der Waals surface area contributed by atoms with Crippen LogP contribution in [0, 0.1) is 12.7 Å². The van der Waals surface area contributed by atoms with Crippen molar-refractivity contribution < 1.29 is 22.4 Å². The lowest BCUT2D eigenvalue weighted by Crippen LogP contribution is -2.53. The largest absolute Gasteiger partial charge is 0.357 e. The van der Waals surface area contributed by atoms with Gasteiger partial charge in [-0.3, -0.25) is 13.9 Å². The van der Waals surface area contributed by atoms with Crippen LogP contribution in [-0.4, -0.2) is 44.8 Å². The molecule has 7 nitrogen and oxygen atoms in total. The molecule has 2 amide bonds. The van der Waals surface area contributed by atoms with Gasteiger partial charge >= 0.3 is 0 Å². The monoisotopic (exact) mass is 573 g/mol. The van der Waals surface area contributed by atoms with Crippen LogP contribution in [0.25, 0.3) is 0 Å². The van der Waals surface area contributed by atoms with E-state index >= 15 is 0 Å². The first-order valence-corrected chi connectivity index (χ1v) is 14.6. The SMILES string of the molecule is CNC(=O)[C@H](Cc1ccccc1)N(Cc1ccccc1)C(=O)CN(c1ccc(C)cc1)S(=O)(=O)c1ccc(F)cc1. The fourth-order valence-corrected chi connectivity index (χ4v) is 5.89. The van der Waals surface area contributed by atoms with Gasteiger partial charge in [0.2, 0.25) is 11.8 Å². The molecule has 0 aliphatic carbocycles. The van der Waals surface area contributed by atoms with Crippen molar-refractivity contribution in [2.75, 3.05) is 17.9 Å². The van der Waals surface area contributed by atoms with Crippen molar-refractivity contribution in [2.24, 2.45) is 0 Å². The lowest BCUT2D eigenvalue weighted by atomic mass is 10.0. The molecule has 4 rings (SSSR count). The molecule has 0 radical (unpaired) electrons. The van der Waals surface area contributed by atoms with Gasteiger partial charge < -0.3 is 10.2 Å². The minimum atomic E-state index is -4.28. The highest BCUT2D eigenvalue weighted by Gasteiger charge is 2.34. The number of nitrogens with one attached hydrogen (secondary N) is 1. The topological polar surface area (TPSA) is 86.8 Å². The summed E-state index contributed by atoms with van der Waals surface area (Å²) in [6.07, 6.45) is 0.230. The Morgan fingerprint density at radius 2 is 1.37 bits per heavy atom. The van der Waals surface area contributed by atoms with Gasteiger partial charge in [-0.25, -0.2) is 12.8 Å². The number of anilines is 1. The van der Waals surface area contributed by atoms with E-state index in [-0.39, 0.29) is 29.5 Å². The number of carbonyl (C=O) groups excluding carboxylic acids is 2. The smallest absolute Gasteiger partial charge is 0.264 e. The van der Waals surface area contributed by atoms with E-state index in [0.717, 1.165) is 33.1 Å². The van der Waals surface area contributed by atoms with Gasteiger partial charge in [0.15, 0.2) is 0 Å². The zero-order valence-electron chi connectivity index (χ0n) is 22.9. The highest BCUT2D eigenvalue weighted by Crippen LogP contribution is 2.25. The van der Waals surface area contributed by atoms with E-state index in [1.807, 2.05) is 67.6 Å². The van der Waals surface area contributed by atoms with E-state index in [2.05, 4.69) is 5.32 Å². The van der Waals surface area contributed by atoms with E-state index in [4.69, 9.17) is 0 Å². The zero-order chi connectivity index (χ0) is 29.4. The molecule has 4 aromatic rings. The predicted molar refractivity (Wildman–Crippen MR) is 157 cm³/mol. The number of hydrogen-bond donors (Lipinski definition) is 1. The average molecular weight is 574 g/mol. The van der Waals surface area contributed by atoms with Crippen LogP contribution in [0.2, 0.25) is 0 Å². The molecular formula is C32H32FN3O4S. The molecule has 1 N–H and O–H groups in total. The lowest BCUT2D eigenvalue weighted by molar-refractivity contribution is -0.139. The van der Waals surface area contributed by atoms with E-state index < -0.39 is 34.3 Å². The fourth-order valence-electron chi connectivity index (χ4n) is 4.47. The summed E-state index contributed by atoms with van der Waals surface area (Å²) in [5, 5.41) is 2.66. The number of halogens is 1. The number of nitrogens with zero attached hydrogens (tertiary/aromatic N) is 2. The van der Waals surface area contributed by atoms with Crippen LogP contribution in [0.3, 0.4) is 0 Å². The van der Waals surface area contributed by atoms with Crippen molar-refractivity contribution in [3.05, 3.63) is 132 Å². The number of hydrogen-bond acceptors (Lipinski definition) is 4. The summed E-state index contributed by atoms with van der Waals surface area (Å²) in [6, 6.07) is 28.8. The van der Waals surface area contributed by atoms with Gasteiger partial charge in [0.25, 0.3) is 10.0 Å². The van der Waals surface area contributed by atoms with Crippen LogP contribution in [0.4, 0.5) is 10.1 Å². The molecule has 0 aromatic heterocycles. The molecule has 0 heterocycles. The van der Waals surface area contributed by atoms with Gasteiger partial charge in [0, 0.05) is 20.0 Å². The fraction of sp³-hybridized carbons (Fsp3) is 0.188. The Morgan fingerprint density at radius 3 is 1.93 bits per heavy atom. The third-order valence-corrected chi connectivity index (χ3v) is 8.50. The molecule has 0 fully saturated rings. The van der Waals surface area contributed by atoms with Crippen molar-refractivity contribution in [3.63, 3.8) is 0 Å². The first-order valence-electron chi connectivity index (χ1n) is 13.1. The molecular weight excluding hydrogens is 541 g/mol. The third kappa shape index (κ3) is 7.37. The number of likely N-dealkylation sites (N-methyl/N-ethyl adjacent to an activating group) is 1. The summed E-state index contributed by atoms with van der Waals surface area (Å²) < 4.78 is 42.3. The van der Waals surface area contributed by atoms with Gasteiger partial charge in [-0.1, -0.05) is 78.4 Å². The second-order valence-corrected chi connectivity index (χ2v) is 11.5. The molecule has 0 aliphatic rings. The van der Waals surface area contributed by atoms with E-state index in [1.165, 1.54) is 24.1 Å². The van der Waals surface area contributed by atoms with Gasteiger partial charge in [-0.15, -0.1) is 0 Å². The molecule has 0 aliphatic heterocycles. The number of benzene rings is 4. The standard InChI is InChI=1S/C32H32FN3O4S/c1-24-13-17-28(18-14-24)36(41(39,40)29-19-15-27(33)16-20-29)23-31(37)35(22-26-11-7-4-8-12-26)30(32(38)34-2)21-25-9-5-3-6-10-25/h3-20,30H,21-23H2,1-2H3,(H,34,38)/t30-/m0/s1. The molecule has 212 valence electrons. The van der Waals surface area contributed by atoms with Crippen LogP contribution in [0.1, 0.15) is 16.7 Å². The average Bonchev–Trinajstić information content (AvgIpc) is 2.99. The van der Waals surface area contributed by atoms with Crippen molar-refractivity contribution in [1.29, 1.82) is 0 Å². The summed E-state index contributed by atoms with van der Waals surface area (Å²) in [7, 11) is -2.77. The maximum Gasteiger partial charge on any atom is 0.264 e. The van der Waals surface area contributed by atoms with Crippen molar-refractivity contribution >= 4 is 27.5 Å². The molecule has 0 bridgehead atoms. The Bertz CT molecular complexity index is 1560. The summed E-state index contributed by atoms with van der Waals surface area (Å²) in [6.45, 7) is 1.38. The minimum absolute atomic E-state index is 0.0862. The molecule has 4 aromatic carbocycles. The van der Waals surface area contributed by atoms with Crippen LogP contribution in [-0.2, 0) is 32.6 Å². The summed E-state index contributed by atoms with van der Waals surface area (Å²) in [5.41, 5.74) is 2.81. The molecule has 9 heteroatoms. The molecule has 0 saturated heterocycles. The van der Waals surface area contributed by atoms with Crippen molar-refractivity contribution in [2.45, 2.75) is 30.8 Å². The second-order valence-electron chi connectivity index (χ2n) is 9.63. The van der Waals surface area contributed by atoms with E-state index in [9.17, 15) is 22.4 Å². The number of rotatable bonds is 11. The maximum atomic E-state index is 14.2. The Labute approximate surface area is 240 Å². The summed E-state index contributed by atoms with van der Waals surface area (Å²) in [5.74, 6) is -1.52. The minimum Gasteiger partial charge on any atom is -0.357 e. The van der Waals surface area contributed by atoms with Crippen LogP contribution < -0.4 is 9.62 Å². The van der Waals surface area contributed by atoms with Gasteiger partial charge in [-0.05, 0) is 54.4 Å². The van der Waals surface area contributed by atoms with Gasteiger partial charge in [0.1, 0.15) is 18.4 Å². The van der Waals surface area contributed by atoms with Crippen molar-refractivity contribution in [1.82, 2.24) is 10.2 Å². The summed E-state index contributed by atoms with van der Waals surface area (Å²) >= 11 is 0. The molecule has 0 saturated carbocycles. The second kappa shape index (κ2) is 13.2. The quantitative estimate of drug-likeness (QED) is 0.282. The highest BCUT2D eigenvalue weighted by molar-refractivity contribution is 7.92. The van der Waals surface area contributed by atoms with Crippen LogP contribution in [0.5, 0.6) is 0 Å². The number of amides is 2. The number of carbonyl (C=O) groups is 2. The van der Waals surface area contributed by atoms with Gasteiger partial charge in [0.05, 0.1) is 10.6 Å². The lowest BCUT2D eigenvalue weighted by Gasteiger charge is -2.33. The van der Waals surface area contributed by atoms with E-state index in [1.54, 1.807) is 24.3 Å². The first kappa shape index (κ1) is 29.5. The Balaban J connectivity index is 1.77. The molecule has 41 heavy (non-hydrogen) atoms. The van der Waals surface area contributed by atoms with Crippen molar-refractivity contribution in [3.8, 4) is 0 Å². The normalized spacial score (nSPS) is 11.9. The first-order chi connectivity index (χ1) is 19.7. The zero-order valence-corrected chi connectivity index (χ0v) is 23.7. The highest BCUT2D eigenvalue weighted by atomic mass is 32.2. The van der Waals surface area contributed by atoms with Crippen LogP contribution >= 0.6 is 0 Å². The van der Waals surface area contributed by atoms with Crippen LogP contribution in [0.15, 0.2) is 114 Å². The third-order valence-electron chi connectivity index (χ3n) is 6.72. The maximum absolute atomic E-state index is 14.2. The van der Waals surface area contributed by atoms with Gasteiger partial charge in [-0.2, -0.15) is 0 Å². The molecule has 1 atom stereocenters. The predicted octanol–water partition coefficient (Wildman–Crippen LogP) is 4.72. The Hall–Kier alpha value is -4.50. The number of sulfonamides is 1. The molecule has 0 unspecified atom stereocenters. The van der Waals surface area contributed by atoms with E-state index in [0.29, 0.717) is 0 Å².